The van der Waals surface area contributed by atoms with Gasteiger partial charge in [-0.1, -0.05) is 60.2 Å². The van der Waals surface area contributed by atoms with E-state index in [-0.39, 0.29) is 17.5 Å². The summed E-state index contributed by atoms with van der Waals surface area (Å²) in [4.78, 5) is 25.5. The number of carbonyl (C=O) groups excluding carboxylic acids is 2. The van der Waals surface area contributed by atoms with Gasteiger partial charge < -0.3 is 15.4 Å². The van der Waals surface area contributed by atoms with Gasteiger partial charge in [0.2, 0.25) is 0 Å². The molecule has 0 spiro atoms. The minimum absolute atomic E-state index is 0.182. The normalized spacial score (nSPS) is 10.9. The zero-order valence-corrected chi connectivity index (χ0v) is 17.0. The van der Waals surface area contributed by atoms with Crippen LogP contribution in [0.25, 0.3) is 6.08 Å². The first kappa shape index (κ1) is 20.9. The third kappa shape index (κ3) is 5.82. The average molecular weight is 400 g/mol. The van der Waals surface area contributed by atoms with Crippen LogP contribution in [0.3, 0.4) is 0 Å². The van der Waals surface area contributed by atoms with Gasteiger partial charge in [-0.15, -0.1) is 0 Å². The first-order chi connectivity index (χ1) is 14.5. The lowest BCUT2D eigenvalue weighted by molar-refractivity contribution is -0.117. The molecule has 0 saturated heterocycles. The highest BCUT2D eigenvalue weighted by Gasteiger charge is 2.14. The molecule has 0 atom stereocenters. The Hall–Kier alpha value is -3.86. The molecular formula is C25H24N2O3. The van der Waals surface area contributed by atoms with E-state index in [0.29, 0.717) is 12.1 Å². The second-order valence-corrected chi connectivity index (χ2v) is 6.82. The van der Waals surface area contributed by atoms with Gasteiger partial charge >= 0.3 is 0 Å². The first-order valence-corrected chi connectivity index (χ1v) is 9.61. The number of carbonyl (C=O) groups is 2. The average Bonchev–Trinajstić information content (AvgIpc) is 2.79. The zero-order valence-electron chi connectivity index (χ0n) is 17.0. The molecule has 5 nitrogen and oxygen atoms in total. The Morgan fingerprint density at radius 1 is 0.900 bits per heavy atom. The third-order valence-corrected chi connectivity index (χ3v) is 4.53. The molecule has 152 valence electrons. The third-order valence-electron chi connectivity index (χ3n) is 4.53. The van der Waals surface area contributed by atoms with Crippen LogP contribution in [-0.2, 0) is 11.3 Å². The molecule has 3 aromatic carbocycles. The van der Waals surface area contributed by atoms with E-state index in [1.165, 1.54) is 0 Å². The largest absolute Gasteiger partial charge is 0.497 e. The molecule has 0 saturated carbocycles. The fraction of sp³-hybridized carbons (Fsp3) is 0.120. The molecule has 2 amide bonds. The van der Waals surface area contributed by atoms with Crippen molar-refractivity contribution in [3.8, 4) is 5.75 Å². The summed E-state index contributed by atoms with van der Waals surface area (Å²) in [7, 11) is 1.61. The number of ether oxygens (including phenoxy) is 1. The van der Waals surface area contributed by atoms with E-state index in [1.807, 2.05) is 61.5 Å². The van der Waals surface area contributed by atoms with Crippen molar-refractivity contribution >= 4 is 17.9 Å². The topological polar surface area (TPSA) is 67.4 Å². The molecule has 0 unspecified atom stereocenters. The Morgan fingerprint density at radius 3 is 2.20 bits per heavy atom. The van der Waals surface area contributed by atoms with Crippen molar-refractivity contribution in [2.45, 2.75) is 13.5 Å². The summed E-state index contributed by atoms with van der Waals surface area (Å²) in [5, 5.41) is 5.60. The van der Waals surface area contributed by atoms with E-state index in [9.17, 15) is 9.59 Å². The highest BCUT2D eigenvalue weighted by molar-refractivity contribution is 6.05. The SMILES string of the molecule is COc1ccc(CNC(=O)/C(=C\c2ccc(C)cc2)NC(=O)c2ccccc2)cc1. The molecule has 5 heteroatoms. The standard InChI is InChI=1S/C25H24N2O3/c1-18-8-10-19(11-9-18)16-23(27-24(28)21-6-4-3-5-7-21)25(29)26-17-20-12-14-22(30-2)15-13-20/h3-16H,17H2,1-2H3,(H,26,29)(H,27,28)/b23-16+. The maximum Gasteiger partial charge on any atom is 0.268 e. The number of hydrogen-bond donors (Lipinski definition) is 2. The van der Waals surface area contributed by atoms with Gasteiger partial charge in [0.05, 0.1) is 7.11 Å². The van der Waals surface area contributed by atoms with Gasteiger partial charge in [0.1, 0.15) is 11.4 Å². The summed E-state index contributed by atoms with van der Waals surface area (Å²) in [6.07, 6.45) is 1.67. The van der Waals surface area contributed by atoms with Gasteiger partial charge in [-0.3, -0.25) is 9.59 Å². The molecule has 0 radical (unpaired) electrons. The Kier molecular flexibility index (Phi) is 7.00. The lowest BCUT2D eigenvalue weighted by Gasteiger charge is -2.12. The molecule has 30 heavy (non-hydrogen) atoms. The van der Waals surface area contributed by atoms with Crippen molar-refractivity contribution in [2.24, 2.45) is 0 Å². The molecule has 0 aliphatic heterocycles. The summed E-state index contributed by atoms with van der Waals surface area (Å²) < 4.78 is 5.15. The monoisotopic (exact) mass is 400 g/mol. The molecule has 0 fully saturated rings. The van der Waals surface area contributed by atoms with Crippen LogP contribution in [0.15, 0.2) is 84.6 Å². The van der Waals surface area contributed by atoms with Crippen LogP contribution >= 0.6 is 0 Å². The second-order valence-electron chi connectivity index (χ2n) is 6.82. The molecule has 3 rings (SSSR count). The summed E-state index contributed by atoms with van der Waals surface area (Å²) in [6.45, 7) is 2.32. The van der Waals surface area contributed by atoms with Crippen molar-refractivity contribution < 1.29 is 14.3 Å². The lowest BCUT2D eigenvalue weighted by atomic mass is 10.1. The van der Waals surface area contributed by atoms with Crippen LogP contribution in [0.1, 0.15) is 27.0 Å². The predicted octanol–water partition coefficient (Wildman–Crippen LogP) is 4.09. The maximum atomic E-state index is 12.9. The lowest BCUT2D eigenvalue weighted by Crippen LogP contribution is -2.34. The first-order valence-electron chi connectivity index (χ1n) is 9.61. The van der Waals surface area contributed by atoms with Crippen LogP contribution in [0, 0.1) is 6.92 Å². The van der Waals surface area contributed by atoms with Crippen molar-refractivity contribution in [3.05, 3.63) is 107 Å². The van der Waals surface area contributed by atoms with Crippen molar-refractivity contribution in [2.75, 3.05) is 7.11 Å². The van der Waals surface area contributed by atoms with Crippen molar-refractivity contribution in [1.29, 1.82) is 0 Å². The van der Waals surface area contributed by atoms with Crippen molar-refractivity contribution in [1.82, 2.24) is 10.6 Å². The van der Waals surface area contributed by atoms with E-state index in [1.54, 1.807) is 37.5 Å². The fourth-order valence-corrected chi connectivity index (χ4v) is 2.79. The smallest absolute Gasteiger partial charge is 0.268 e. The summed E-state index contributed by atoms with van der Waals surface area (Å²) in [5.74, 6) is 0.0457. The minimum atomic E-state index is -0.365. The van der Waals surface area contributed by atoms with Crippen LogP contribution in [0.4, 0.5) is 0 Å². The van der Waals surface area contributed by atoms with E-state index >= 15 is 0 Å². The molecule has 2 N–H and O–H groups in total. The Bertz CT molecular complexity index is 1020. The molecule has 0 heterocycles. The molecule has 3 aromatic rings. The molecule has 0 aromatic heterocycles. The number of benzene rings is 3. The fourth-order valence-electron chi connectivity index (χ4n) is 2.79. The number of methoxy groups -OCH3 is 1. The summed E-state index contributed by atoms with van der Waals surface area (Å²) in [5.41, 5.74) is 3.53. The number of amides is 2. The van der Waals surface area contributed by atoms with E-state index in [4.69, 9.17) is 4.74 Å². The van der Waals surface area contributed by atoms with Gasteiger partial charge in [-0.05, 0) is 48.4 Å². The molecule has 0 bridgehead atoms. The Labute approximate surface area is 176 Å². The van der Waals surface area contributed by atoms with Gasteiger partial charge in [-0.2, -0.15) is 0 Å². The van der Waals surface area contributed by atoms with Gasteiger partial charge in [-0.25, -0.2) is 0 Å². The number of nitrogens with one attached hydrogen (secondary N) is 2. The van der Waals surface area contributed by atoms with Crippen LogP contribution in [0.5, 0.6) is 5.75 Å². The van der Waals surface area contributed by atoms with Crippen molar-refractivity contribution in [3.63, 3.8) is 0 Å². The zero-order chi connectivity index (χ0) is 21.3. The van der Waals surface area contributed by atoms with Crippen LogP contribution < -0.4 is 15.4 Å². The Balaban J connectivity index is 1.77. The second kappa shape index (κ2) is 10.1. The Morgan fingerprint density at radius 2 is 1.57 bits per heavy atom. The van der Waals surface area contributed by atoms with Gasteiger partial charge in [0.25, 0.3) is 11.8 Å². The quantitative estimate of drug-likeness (QED) is 0.587. The number of rotatable bonds is 7. The highest BCUT2D eigenvalue weighted by Crippen LogP contribution is 2.12. The van der Waals surface area contributed by atoms with Gasteiger partial charge in [0.15, 0.2) is 0 Å². The predicted molar refractivity (Wildman–Crippen MR) is 118 cm³/mol. The number of aryl methyl sites for hydroxylation is 1. The van der Waals surface area contributed by atoms with Crippen LogP contribution in [-0.4, -0.2) is 18.9 Å². The van der Waals surface area contributed by atoms with E-state index in [0.717, 1.165) is 22.4 Å². The maximum absolute atomic E-state index is 12.9. The molecular weight excluding hydrogens is 376 g/mol. The molecule has 0 aliphatic rings. The van der Waals surface area contributed by atoms with E-state index < -0.39 is 0 Å². The van der Waals surface area contributed by atoms with E-state index in [2.05, 4.69) is 10.6 Å². The number of hydrogen-bond acceptors (Lipinski definition) is 3. The summed E-state index contributed by atoms with van der Waals surface area (Å²) >= 11 is 0. The molecule has 0 aliphatic carbocycles. The highest BCUT2D eigenvalue weighted by atomic mass is 16.5. The summed E-state index contributed by atoms with van der Waals surface area (Å²) in [6, 6.07) is 23.9. The minimum Gasteiger partial charge on any atom is -0.497 e. The van der Waals surface area contributed by atoms with Gasteiger partial charge in [0, 0.05) is 12.1 Å². The van der Waals surface area contributed by atoms with Crippen LogP contribution in [0.2, 0.25) is 0 Å².